The van der Waals surface area contributed by atoms with E-state index in [1.165, 1.54) is 12.8 Å². The summed E-state index contributed by atoms with van der Waals surface area (Å²) in [6.45, 7) is 1.95. The maximum atomic E-state index is 13.1. The fourth-order valence-electron chi connectivity index (χ4n) is 4.18. The summed E-state index contributed by atoms with van der Waals surface area (Å²) in [5, 5.41) is 4.60. The van der Waals surface area contributed by atoms with E-state index in [9.17, 15) is 4.79 Å². The van der Waals surface area contributed by atoms with E-state index >= 15 is 0 Å². The van der Waals surface area contributed by atoms with Crippen LogP contribution in [0.2, 0.25) is 0 Å². The van der Waals surface area contributed by atoms with Crippen molar-refractivity contribution in [3.8, 4) is 0 Å². The summed E-state index contributed by atoms with van der Waals surface area (Å²) in [6, 6.07) is 11.4. The summed E-state index contributed by atoms with van der Waals surface area (Å²) in [6.07, 6.45) is 4.64. The number of carbonyl (C=O) groups is 1. The average molecular weight is 382 g/mol. The first-order valence-electron chi connectivity index (χ1n) is 8.51. The molecule has 2 aromatic rings. The number of aromatic nitrogens is 1. The first-order valence-corrected chi connectivity index (χ1v) is 8.51. The van der Waals surface area contributed by atoms with Gasteiger partial charge in [0.25, 0.3) is 5.91 Å². The number of fused-ring (bicyclic) bond motifs is 3. The van der Waals surface area contributed by atoms with Crippen LogP contribution >= 0.6 is 24.8 Å². The van der Waals surface area contributed by atoms with E-state index in [0.717, 1.165) is 35.0 Å². The molecule has 4 nitrogen and oxygen atoms in total. The van der Waals surface area contributed by atoms with Crippen LogP contribution in [-0.4, -0.2) is 41.0 Å². The Hall–Kier alpha value is -1.36. The number of piperidine rings is 1. The van der Waals surface area contributed by atoms with Gasteiger partial charge in [-0.25, -0.2) is 0 Å². The molecule has 2 unspecified atom stereocenters. The summed E-state index contributed by atoms with van der Waals surface area (Å²) in [7, 11) is 1.96. The molecule has 2 aliphatic heterocycles. The topological polar surface area (TPSA) is 45.2 Å². The van der Waals surface area contributed by atoms with Gasteiger partial charge in [0.05, 0.1) is 11.1 Å². The maximum absolute atomic E-state index is 13.1. The number of hydrogen-bond acceptors (Lipinski definition) is 3. The smallest absolute Gasteiger partial charge is 0.254 e. The van der Waals surface area contributed by atoms with Crippen molar-refractivity contribution in [1.82, 2.24) is 15.2 Å². The molecule has 0 radical (unpaired) electrons. The lowest BCUT2D eigenvalue weighted by atomic mass is 9.97. The van der Waals surface area contributed by atoms with Crippen LogP contribution in [0.5, 0.6) is 0 Å². The van der Waals surface area contributed by atoms with Crippen LogP contribution in [-0.2, 0) is 0 Å². The summed E-state index contributed by atoms with van der Waals surface area (Å²) in [5.41, 5.74) is 2.57. The Kier molecular flexibility index (Phi) is 6.30. The molecule has 2 fully saturated rings. The van der Waals surface area contributed by atoms with E-state index in [1.54, 1.807) is 0 Å². The monoisotopic (exact) mass is 381 g/mol. The van der Waals surface area contributed by atoms with Gasteiger partial charge in [0.1, 0.15) is 0 Å². The second-order valence-corrected chi connectivity index (χ2v) is 7.01. The molecule has 2 bridgehead atoms. The number of benzene rings is 1. The number of amides is 1. The summed E-state index contributed by atoms with van der Waals surface area (Å²) in [4.78, 5) is 19.6. The third kappa shape index (κ3) is 3.76. The van der Waals surface area contributed by atoms with Gasteiger partial charge in [-0.3, -0.25) is 9.78 Å². The first kappa shape index (κ1) is 20.0. The molecule has 0 aliphatic carbocycles. The number of pyridine rings is 1. The number of halogens is 2. The lowest BCUT2D eigenvalue weighted by Gasteiger charge is -2.35. The zero-order valence-corrected chi connectivity index (χ0v) is 16.2. The van der Waals surface area contributed by atoms with E-state index in [-0.39, 0.29) is 30.7 Å². The summed E-state index contributed by atoms with van der Waals surface area (Å²) < 4.78 is 0. The molecule has 6 heteroatoms. The summed E-state index contributed by atoms with van der Waals surface area (Å²) in [5.74, 6) is 0.123. The maximum Gasteiger partial charge on any atom is 0.254 e. The van der Waals surface area contributed by atoms with Crippen LogP contribution in [0.25, 0.3) is 10.9 Å². The van der Waals surface area contributed by atoms with Gasteiger partial charge < -0.3 is 10.2 Å². The minimum absolute atomic E-state index is 0. The van der Waals surface area contributed by atoms with Gasteiger partial charge >= 0.3 is 0 Å². The molecule has 2 saturated heterocycles. The lowest BCUT2D eigenvalue weighted by Crippen LogP contribution is -2.48. The first-order chi connectivity index (χ1) is 11.1. The Morgan fingerprint density at radius 2 is 1.80 bits per heavy atom. The predicted octanol–water partition coefficient (Wildman–Crippen LogP) is 3.74. The van der Waals surface area contributed by atoms with Crippen LogP contribution < -0.4 is 5.32 Å². The van der Waals surface area contributed by atoms with Crippen LogP contribution in [0.4, 0.5) is 0 Å². The highest BCUT2D eigenvalue weighted by Gasteiger charge is 2.36. The number of hydrogen-bond donors (Lipinski definition) is 1. The molecule has 1 aromatic carbocycles. The van der Waals surface area contributed by atoms with E-state index < -0.39 is 0 Å². The molecular formula is C19H25Cl2N3O. The molecule has 2 aliphatic rings. The third-order valence-electron chi connectivity index (χ3n) is 5.39. The van der Waals surface area contributed by atoms with Gasteiger partial charge in [-0.15, -0.1) is 24.8 Å². The van der Waals surface area contributed by atoms with Gasteiger partial charge in [-0.05, 0) is 44.7 Å². The van der Waals surface area contributed by atoms with Gasteiger partial charge in [0, 0.05) is 36.3 Å². The van der Waals surface area contributed by atoms with Crippen molar-refractivity contribution in [2.45, 2.75) is 50.7 Å². The van der Waals surface area contributed by atoms with Gasteiger partial charge in [-0.1, -0.05) is 18.2 Å². The Morgan fingerprint density at radius 3 is 2.48 bits per heavy atom. The van der Waals surface area contributed by atoms with Gasteiger partial charge in [0.15, 0.2) is 0 Å². The number of aryl methyl sites for hydroxylation is 1. The average Bonchev–Trinajstić information content (AvgIpc) is 2.90. The zero-order valence-electron chi connectivity index (χ0n) is 14.6. The van der Waals surface area contributed by atoms with Crippen LogP contribution in [0.3, 0.4) is 0 Å². The number of nitrogens with one attached hydrogen (secondary N) is 1. The quantitative estimate of drug-likeness (QED) is 0.861. The predicted molar refractivity (Wildman–Crippen MR) is 106 cm³/mol. The highest BCUT2D eigenvalue weighted by atomic mass is 35.5. The van der Waals surface area contributed by atoms with Crippen molar-refractivity contribution in [2.75, 3.05) is 7.05 Å². The number of para-hydroxylation sites is 1. The molecule has 0 spiro atoms. The Balaban J connectivity index is 0.00000113. The largest absolute Gasteiger partial charge is 0.339 e. The molecule has 2 atom stereocenters. The summed E-state index contributed by atoms with van der Waals surface area (Å²) >= 11 is 0. The second-order valence-electron chi connectivity index (χ2n) is 7.01. The molecule has 25 heavy (non-hydrogen) atoms. The minimum atomic E-state index is 0. The fourth-order valence-corrected chi connectivity index (χ4v) is 4.18. The molecule has 1 N–H and O–H groups in total. The van der Waals surface area contributed by atoms with E-state index in [1.807, 2.05) is 49.2 Å². The van der Waals surface area contributed by atoms with E-state index in [0.29, 0.717) is 18.1 Å². The van der Waals surface area contributed by atoms with Crippen molar-refractivity contribution in [3.63, 3.8) is 0 Å². The minimum Gasteiger partial charge on any atom is -0.339 e. The van der Waals surface area contributed by atoms with Crippen LogP contribution in [0.15, 0.2) is 30.3 Å². The molecule has 0 saturated carbocycles. The number of carbonyl (C=O) groups excluding carboxylic acids is 1. The number of nitrogens with zero attached hydrogens (tertiary/aromatic N) is 2. The van der Waals surface area contributed by atoms with E-state index in [4.69, 9.17) is 0 Å². The zero-order chi connectivity index (χ0) is 16.0. The second kappa shape index (κ2) is 7.90. The Morgan fingerprint density at radius 1 is 1.16 bits per heavy atom. The van der Waals surface area contributed by atoms with Crippen molar-refractivity contribution < 1.29 is 4.79 Å². The third-order valence-corrected chi connectivity index (χ3v) is 5.39. The van der Waals surface area contributed by atoms with Crippen molar-refractivity contribution >= 4 is 41.6 Å². The molecule has 3 heterocycles. The molecule has 4 rings (SSSR count). The standard InChI is InChI=1S/C19H23N3O.2ClH/c1-12-9-17(16-5-3-4-6-18(16)20-12)19(23)22(2)15-10-13-7-8-14(11-15)21-13;;/h3-6,9,13-15,21H,7-8,10-11H2,1-2H3;2*1H. The molecule has 136 valence electrons. The highest BCUT2D eigenvalue weighted by Crippen LogP contribution is 2.30. The molecule has 1 aromatic heterocycles. The molecular weight excluding hydrogens is 357 g/mol. The number of rotatable bonds is 2. The Bertz CT molecular complexity index is 755. The SMILES string of the molecule is Cc1cc(C(=O)N(C)C2CC3CCC(C2)N3)c2ccccc2n1.Cl.Cl. The highest BCUT2D eigenvalue weighted by molar-refractivity contribution is 6.06. The van der Waals surface area contributed by atoms with Crippen molar-refractivity contribution in [3.05, 3.63) is 41.6 Å². The van der Waals surface area contributed by atoms with E-state index in [2.05, 4.69) is 10.3 Å². The van der Waals surface area contributed by atoms with Crippen molar-refractivity contribution in [2.24, 2.45) is 0 Å². The Labute approximate surface area is 161 Å². The fraction of sp³-hybridized carbons (Fsp3) is 0.474. The molecule has 1 amide bonds. The van der Waals surface area contributed by atoms with Crippen LogP contribution in [0, 0.1) is 6.92 Å². The van der Waals surface area contributed by atoms with Crippen molar-refractivity contribution in [1.29, 1.82) is 0 Å². The lowest BCUT2D eigenvalue weighted by molar-refractivity contribution is 0.0683. The van der Waals surface area contributed by atoms with Gasteiger partial charge in [-0.2, -0.15) is 0 Å². The van der Waals surface area contributed by atoms with Crippen LogP contribution in [0.1, 0.15) is 41.7 Å². The normalized spacial score (nSPS) is 24.3. The van der Waals surface area contributed by atoms with Gasteiger partial charge in [0.2, 0.25) is 0 Å².